The highest BCUT2D eigenvalue weighted by atomic mass is 15.0. The maximum absolute atomic E-state index is 4.91. The van der Waals surface area contributed by atoms with Crippen molar-refractivity contribution in [2.24, 2.45) is 0 Å². The second-order valence-corrected chi connectivity index (χ2v) is 10.5. The van der Waals surface area contributed by atoms with Gasteiger partial charge >= 0.3 is 0 Å². The Morgan fingerprint density at radius 2 is 1.00 bits per heavy atom. The second kappa shape index (κ2) is 8.93. The Labute approximate surface area is 232 Å². The molecule has 0 amide bonds. The lowest BCUT2D eigenvalue weighted by molar-refractivity contribution is 1.11. The SMILES string of the molecule is Cc1c(-c2ccc(-c3c4ccccc4c(-c4ccc5ccccc5c4)c4ccccc34)cc2)nc2ccccn12. The highest BCUT2D eigenvalue weighted by molar-refractivity contribution is 6.21. The predicted molar refractivity (Wildman–Crippen MR) is 169 cm³/mol. The van der Waals surface area contributed by atoms with Gasteiger partial charge in [0.25, 0.3) is 0 Å². The molecular formula is C38H26N2. The number of fused-ring (bicyclic) bond motifs is 4. The van der Waals surface area contributed by atoms with E-state index in [1.54, 1.807) is 0 Å². The van der Waals surface area contributed by atoms with Crippen LogP contribution in [0.25, 0.3) is 71.5 Å². The van der Waals surface area contributed by atoms with Crippen LogP contribution in [0.5, 0.6) is 0 Å². The fourth-order valence-corrected chi connectivity index (χ4v) is 6.28. The van der Waals surface area contributed by atoms with E-state index < -0.39 is 0 Å². The Morgan fingerprint density at radius 3 is 1.65 bits per heavy atom. The van der Waals surface area contributed by atoms with E-state index in [1.165, 1.54) is 54.6 Å². The summed E-state index contributed by atoms with van der Waals surface area (Å²) in [6.45, 7) is 2.13. The zero-order valence-corrected chi connectivity index (χ0v) is 22.2. The fraction of sp³-hybridized carbons (Fsp3) is 0.0263. The van der Waals surface area contributed by atoms with Crippen molar-refractivity contribution < 1.29 is 0 Å². The van der Waals surface area contributed by atoms with Crippen LogP contribution in [0.1, 0.15) is 5.69 Å². The molecule has 40 heavy (non-hydrogen) atoms. The van der Waals surface area contributed by atoms with Gasteiger partial charge in [0.1, 0.15) is 5.65 Å². The summed E-state index contributed by atoms with van der Waals surface area (Å²) in [4.78, 5) is 4.91. The van der Waals surface area contributed by atoms with Crippen molar-refractivity contribution in [2.75, 3.05) is 0 Å². The number of hydrogen-bond donors (Lipinski definition) is 0. The standard InChI is InChI=1S/C38H26N2/c1-25-38(39-35-16-8-9-23-40(25)35)28-20-18-27(19-21-28)36-31-12-4-6-14-33(31)37(34-15-7-5-13-32(34)36)30-22-17-26-10-2-3-11-29(26)24-30/h2-24H,1H3. The maximum Gasteiger partial charge on any atom is 0.137 e. The second-order valence-electron chi connectivity index (χ2n) is 10.5. The lowest BCUT2D eigenvalue weighted by atomic mass is 9.85. The third-order valence-corrected chi connectivity index (χ3v) is 8.19. The highest BCUT2D eigenvalue weighted by Crippen LogP contribution is 2.44. The third kappa shape index (κ3) is 3.47. The molecule has 0 aliphatic rings. The van der Waals surface area contributed by atoms with Crippen molar-refractivity contribution in [2.45, 2.75) is 6.92 Å². The van der Waals surface area contributed by atoms with Gasteiger partial charge in [-0.05, 0) is 79.7 Å². The molecule has 8 aromatic rings. The van der Waals surface area contributed by atoms with E-state index in [2.05, 4.69) is 139 Å². The zero-order valence-electron chi connectivity index (χ0n) is 22.2. The molecule has 0 radical (unpaired) electrons. The van der Waals surface area contributed by atoms with Crippen LogP contribution in [0.2, 0.25) is 0 Å². The van der Waals surface area contributed by atoms with E-state index in [-0.39, 0.29) is 0 Å². The maximum atomic E-state index is 4.91. The van der Waals surface area contributed by atoms with Gasteiger partial charge in [0.2, 0.25) is 0 Å². The quantitative estimate of drug-likeness (QED) is 0.216. The topological polar surface area (TPSA) is 17.3 Å². The Kier molecular flexibility index (Phi) is 5.08. The van der Waals surface area contributed by atoms with Gasteiger partial charge in [0, 0.05) is 17.5 Å². The summed E-state index contributed by atoms with van der Waals surface area (Å²) >= 11 is 0. The molecule has 0 aliphatic heterocycles. The largest absolute Gasteiger partial charge is 0.304 e. The molecule has 2 aromatic heterocycles. The van der Waals surface area contributed by atoms with Crippen LogP contribution in [0, 0.1) is 6.92 Å². The average molecular weight is 511 g/mol. The Balaban J connectivity index is 1.35. The predicted octanol–water partition coefficient (Wildman–Crippen LogP) is 10.1. The smallest absolute Gasteiger partial charge is 0.137 e. The fourth-order valence-electron chi connectivity index (χ4n) is 6.28. The van der Waals surface area contributed by atoms with E-state index in [4.69, 9.17) is 4.98 Å². The van der Waals surface area contributed by atoms with Gasteiger partial charge in [-0.15, -0.1) is 0 Å². The number of imidazole rings is 1. The number of rotatable bonds is 3. The summed E-state index contributed by atoms with van der Waals surface area (Å²) in [6, 6.07) is 48.2. The first-order chi connectivity index (χ1) is 19.8. The summed E-state index contributed by atoms with van der Waals surface area (Å²) in [5, 5.41) is 7.59. The minimum absolute atomic E-state index is 0.973. The lowest BCUT2D eigenvalue weighted by Crippen LogP contribution is -1.91. The minimum Gasteiger partial charge on any atom is -0.304 e. The van der Waals surface area contributed by atoms with Gasteiger partial charge in [-0.3, -0.25) is 0 Å². The van der Waals surface area contributed by atoms with Crippen molar-refractivity contribution in [3.8, 4) is 33.5 Å². The Bertz CT molecular complexity index is 2160. The summed E-state index contributed by atoms with van der Waals surface area (Å²) in [7, 11) is 0. The van der Waals surface area contributed by atoms with Gasteiger partial charge in [-0.25, -0.2) is 4.98 Å². The monoisotopic (exact) mass is 510 g/mol. The van der Waals surface area contributed by atoms with E-state index in [0.29, 0.717) is 0 Å². The van der Waals surface area contributed by atoms with Crippen molar-refractivity contribution in [3.05, 3.63) is 145 Å². The molecule has 0 atom stereocenters. The van der Waals surface area contributed by atoms with Gasteiger partial charge in [-0.1, -0.05) is 115 Å². The summed E-state index contributed by atoms with van der Waals surface area (Å²) in [6.07, 6.45) is 2.07. The first-order valence-electron chi connectivity index (χ1n) is 13.7. The summed E-state index contributed by atoms with van der Waals surface area (Å²) in [5.74, 6) is 0. The van der Waals surface area contributed by atoms with Crippen molar-refractivity contribution in [3.63, 3.8) is 0 Å². The number of benzene rings is 6. The van der Waals surface area contributed by atoms with E-state index in [1.807, 2.05) is 12.1 Å². The molecule has 0 saturated heterocycles. The van der Waals surface area contributed by atoms with Crippen LogP contribution in [0.3, 0.4) is 0 Å². The van der Waals surface area contributed by atoms with Crippen molar-refractivity contribution >= 4 is 38.0 Å². The molecule has 0 aliphatic carbocycles. The van der Waals surface area contributed by atoms with Gasteiger partial charge in [0.05, 0.1) is 5.69 Å². The molecule has 0 saturated carbocycles. The first-order valence-corrected chi connectivity index (χ1v) is 13.7. The normalized spacial score (nSPS) is 11.6. The molecule has 0 N–H and O–H groups in total. The lowest BCUT2D eigenvalue weighted by Gasteiger charge is -2.18. The third-order valence-electron chi connectivity index (χ3n) is 8.19. The molecule has 2 heterocycles. The zero-order chi connectivity index (χ0) is 26.6. The van der Waals surface area contributed by atoms with Gasteiger partial charge in [0.15, 0.2) is 0 Å². The molecule has 2 nitrogen and oxygen atoms in total. The van der Waals surface area contributed by atoms with Crippen LogP contribution in [-0.4, -0.2) is 9.38 Å². The number of pyridine rings is 1. The van der Waals surface area contributed by atoms with E-state index in [9.17, 15) is 0 Å². The van der Waals surface area contributed by atoms with Crippen LogP contribution in [0.15, 0.2) is 140 Å². The number of hydrogen-bond acceptors (Lipinski definition) is 1. The summed E-state index contributed by atoms with van der Waals surface area (Å²) < 4.78 is 2.15. The molecule has 0 fully saturated rings. The van der Waals surface area contributed by atoms with E-state index >= 15 is 0 Å². The van der Waals surface area contributed by atoms with Crippen molar-refractivity contribution in [1.82, 2.24) is 9.38 Å². The van der Waals surface area contributed by atoms with Crippen LogP contribution in [-0.2, 0) is 0 Å². The van der Waals surface area contributed by atoms with Gasteiger partial charge in [-0.2, -0.15) is 0 Å². The number of nitrogens with zero attached hydrogens (tertiary/aromatic N) is 2. The molecule has 2 heteroatoms. The average Bonchev–Trinajstić information content (AvgIpc) is 3.36. The Hall–Kier alpha value is -5.21. The molecule has 0 unspecified atom stereocenters. The van der Waals surface area contributed by atoms with Crippen LogP contribution in [0.4, 0.5) is 0 Å². The number of aromatic nitrogens is 2. The van der Waals surface area contributed by atoms with Crippen LogP contribution < -0.4 is 0 Å². The minimum atomic E-state index is 0.973. The number of aryl methyl sites for hydroxylation is 1. The summed E-state index contributed by atoms with van der Waals surface area (Å²) in [5.41, 5.74) is 9.30. The molecule has 0 spiro atoms. The van der Waals surface area contributed by atoms with Crippen molar-refractivity contribution in [1.29, 1.82) is 0 Å². The molecular weight excluding hydrogens is 484 g/mol. The van der Waals surface area contributed by atoms with Gasteiger partial charge < -0.3 is 4.40 Å². The molecule has 0 bridgehead atoms. The molecule has 8 rings (SSSR count). The van der Waals surface area contributed by atoms with Crippen LogP contribution >= 0.6 is 0 Å². The van der Waals surface area contributed by atoms with E-state index in [0.717, 1.165) is 22.6 Å². The molecule has 6 aromatic carbocycles. The first kappa shape index (κ1) is 22.7. The Morgan fingerprint density at radius 1 is 0.475 bits per heavy atom. The highest BCUT2D eigenvalue weighted by Gasteiger charge is 2.17. The molecule has 188 valence electrons.